The van der Waals surface area contributed by atoms with Gasteiger partial charge in [-0.1, -0.05) is 105 Å². The number of hydrogen-bond acceptors (Lipinski definition) is 0. The lowest BCUT2D eigenvalue weighted by atomic mass is 9.84. The van der Waals surface area contributed by atoms with Crippen LogP contribution in [0.4, 0.5) is 4.39 Å². The Kier molecular flexibility index (Phi) is 12.9. The Morgan fingerprint density at radius 2 is 1.71 bits per heavy atom. The first-order valence-corrected chi connectivity index (χ1v) is 12.2. The minimum Gasteiger partial charge on any atom is -0.243 e. The third-order valence-corrected chi connectivity index (χ3v) is 6.28. The van der Waals surface area contributed by atoms with Gasteiger partial charge in [-0.25, -0.2) is 4.39 Å². The predicted octanol–water partition coefficient (Wildman–Crippen LogP) is 10.2. The maximum Gasteiger partial charge on any atom is 0.122 e. The largest absolute Gasteiger partial charge is 0.243 e. The van der Waals surface area contributed by atoms with E-state index in [1.165, 1.54) is 40.3 Å². The molecule has 0 spiro atoms. The van der Waals surface area contributed by atoms with Gasteiger partial charge < -0.3 is 0 Å². The average molecular weight is 459 g/mol. The van der Waals surface area contributed by atoms with E-state index in [0.29, 0.717) is 11.5 Å². The van der Waals surface area contributed by atoms with Gasteiger partial charge in [0.1, 0.15) is 6.17 Å². The number of alkyl halides is 1. The maximum absolute atomic E-state index is 13.2. The minimum atomic E-state index is -1.02. The van der Waals surface area contributed by atoms with E-state index in [2.05, 4.69) is 84.7 Å². The highest BCUT2D eigenvalue weighted by atomic mass is 19.1. The van der Waals surface area contributed by atoms with Gasteiger partial charge in [0, 0.05) is 5.92 Å². The van der Waals surface area contributed by atoms with Crippen molar-refractivity contribution in [3.05, 3.63) is 131 Å². The van der Waals surface area contributed by atoms with Crippen molar-refractivity contribution in [2.75, 3.05) is 0 Å². The summed E-state index contributed by atoms with van der Waals surface area (Å²) in [5.74, 6) is 0.291. The SMILES string of the molecule is C=C/C=C\C=C(\CC/C(C)=C/C=C\C(=C)[C@@H](C)F)CC(=C)/C(=C\C)C(C)c1ccc(C)c(C)c1. The monoisotopic (exact) mass is 458 g/mol. The topological polar surface area (TPSA) is 0 Å². The molecule has 1 heteroatoms. The Balaban J connectivity index is 2.96. The summed E-state index contributed by atoms with van der Waals surface area (Å²) in [5, 5.41) is 0. The molecule has 0 saturated carbocycles. The van der Waals surface area contributed by atoms with Crippen LogP contribution in [0.15, 0.2) is 114 Å². The smallest absolute Gasteiger partial charge is 0.122 e. The molecule has 182 valence electrons. The van der Waals surface area contributed by atoms with Crippen LogP contribution in [-0.2, 0) is 0 Å². The summed E-state index contributed by atoms with van der Waals surface area (Å²) in [7, 11) is 0. The number of aryl methyl sites for hydroxylation is 2. The number of rotatable bonds is 13. The average Bonchev–Trinajstić information content (AvgIpc) is 2.79. The van der Waals surface area contributed by atoms with E-state index < -0.39 is 6.17 Å². The molecule has 0 bridgehead atoms. The summed E-state index contributed by atoms with van der Waals surface area (Å²) in [4.78, 5) is 0. The van der Waals surface area contributed by atoms with Gasteiger partial charge in [-0.15, -0.1) is 0 Å². The van der Waals surface area contributed by atoms with Crippen molar-refractivity contribution in [1.29, 1.82) is 0 Å². The van der Waals surface area contributed by atoms with Crippen LogP contribution in [0.3, 0.4) is 0 Å². The minimum absolute atomic E-state index is 0.291. The summed E-state index contributed by atoms with van der Waals surface area (Å²) < 4.78 is 13.2. The van der Waals surface area contributed by atoms with Crippen molar-refractivity contribution in [2.45, 2.75) is 72.9 Å². The lowest BCUT2D eigenvalue weighted by Gasteiger charge is -2.21. The van der Waals surface area contributed by atoms with Crippen molar-refractivity contribution in [1.82, 2.24) is 0 Å². The van der Waals surface area contributed by atoms with Crippen molar-refractivity contribution in [3.63, 3.8) is 0 Å². The van der Waals surface area contributed by atoms with Crippen LogP contribution in [-0.4, -0.2) is 6.17 Å². The fourth-order valence-corrected chi connectivity index (χ4v) is 3.76. The molecule has 1 rings (SSSR count). The summed E-state index contributed by atoms with van der Waals surface area (Å²) in [6, 6.07) is 6.73. The molecule has 1 unspecified atom stereocenters. The van der Waals surface area contributed by atoms with Crippen LogP contribution in [0, 0.1) is 13.8 Å². The number of hydrogen-bond donors (Lipinski definition) is 0. The first-order valence-electron chi connectivity index (χ1n) is 12.2. The molecule has 0 aliphatic rings. The molecule has 0 nitrogen and oxygen atoms in total. The van der Waals surface area contributed by atoms with Crippen LogP contribution >= 0.6 is 0 Å². The van der Waals surface area contributed by atoms with Gasteiger partial charge >= 0.3 is 0 Å². The van der Waals surface area contributed by atoms with Gasteiger partial charge in [-0.05, 0) is 87.3 Å². The lowest BCUT2D eigenvalue weighted by molar-refractivity contribution is 0.418. The van der Waals surface area contributed by atoms with Crippen LogP contribution in [0.1, 0.15) is 69.6 Å². The van der Waals surface area contributed by atoms with E-state index in [0.717, 1.165) is 24.8 Å². The van der Waals surface area contributed by atoms with Crippen molar-refractivity contribution in [2.24, 2.45) is 0 Å². The molecule has 2 atom stereocenters. The molecule has 0 aromatic heterocycles. The molecule has 0 radical (unpaired) electrons. The normalized spacial score (nSPS) is 15.1. The zero-order chi connectivity index (χ0) is 25.7. The van der Waals surface area contributed by atoms with Crippen molar-refractivity contribution in [3.8, 4) is 0 Å². The second-order valence-electron chi connectivity index (χ2n) is 9.10. The second-order valence-corrected chi connectivity index (χ2v) is 9.10. The third kappa shape index (κ3) is 9.91. The van der Waals surface area contributed by atoms with Gasteiger partial charge in [0.25, 0.3) is 0 Å². The molecule has 0 aliphatic heterocycles. The Bertz CT molecular complexity index is 1000. The Morgan fingerprint density at radius 1 is 1.00 bits per heavy atom. The Hall–Kier alpha value is -2.93. The van der Waals surface area contributed by atoms with Gasteiger partial charge in [-0.2, -0.15) is 0 Å². The third-order valence-electron chi connectivity index (χ3n) is 6.28. The van der Waals surface area contributed by atoms with Gasteiger partial charge in [0.15, 0.2) is 0 Å². The van der Waals surface area contributed by atoms with Crippen LogP contribution < -0.4 is 0 Å². The van der Waals surface area contributed by atoms with Gasteiger partial charge in [-0.3, -0.25) is 0 Å². The van der Waals surface area contributed by atoms with E-state index in [1.54, 1.807) is 12.2 Å². The fourth-order valence-electron chi connectivity index (χ4n) is 3.76. The van der Waals surface area contributed by atoms with E-state index in [4.69, 9.17) is 0 Å². The highest BCUT2D eigenvalue weighted by Crippen LogP contribution is 2.33. The molecule has 0 saturated heterocycles. The van der Waals surface area contributed by atoms with E-state index in [-0.39, 0.29) is 0 Å². The van der Waals surface area contributed by atoms with Gasteiger partial charge in [0.2, 0.25) is 0 Å². The molecule has 34 heavy (non-hydrogen) atoms. The molecule has 0 heterocycles. The Morgan fingerprint density at radius 3 is 2.29 bits per heavy atom. The summed E-state index contributed by atoms with van der Waals surface area (Å²) >= 11 is 0. The number of allylic oxidation sites excluding steroid dienone is 13. The second kappa shape index (κ2) is 15.1. The van der Waals surface area contributed by atoms with Crippen LogP contribution in [0.25, 0.3) is 0 Å². The molecule has 0 aliphatic carbocycles. The maximum atomic E-state index is 13.2. The first kappa shape index (κ1) is 29.1. The standard InChI is InChI=1S/C33H43F/c1-10-12-13-17-31(20-18-24(3)15-14-16-26(5)30(9)34)22-28(7)33(11-2)29(8)32-21-19-25(4)27(6)23-32/h10-17,19,21,23,29-30H,1,5,7,18,20,22H2,2-4,6,8-9H3/b13-12-,16-14-,24-15+,31-17-,33-11+/t29?,30-/m1/s1. The molecular formula is C33H43F. The zero-order valence-electron chi connectivity index (χ0n) is 22.1. The summed E-state index contributed by atoms with van der Waals surface area (Å²) in [6.45, 7) is 24.3. The Labute approximate surface area is 208 Å². The van der Waals surface area contributed by atoms with E-state index in [9.17, 15) is 4.39 Å². The molecular weight excluding hydrogens is 415 g/mol. The quantitative estimate of drug-likeness (QED) is 0.258. The predicted molar refractivity (Wildman–Crippen MR) is 151 cm³/mol. The van der Waals surface area contributed by atoms with E-state index in [1.807, 2.05) is 24.3 Å². The number of benzene rings is 1. The van der Waals surface area contributed by atoms with Crippen molar-refractivity contribution < 1.29 is 4.39 Å². The van der Waals surface area contributed by atoms with Crippen LogP contribution in [0.2, 0.25) is 0 Å². The molecule has 1 aromatic carbocycles. The lowest BCUT2D eigenvalue weighted by Crippen LogP contribution is -2.03. The van der Waals surface area contributed by atoms with E-state index >= 15 is 0 Å². The summed E-state index contributed by atoms with van der Waals surface area (Å²) in [6.07, 6.45) is 17.5. The van der Waals surface area contributed by atoms with Crippen LogP contribution in [0.5, 0.6) is 0 Å². The van der Waals surface area contributed by atoms with Gasteiger partial charge in [0.05, 0.1) is 0 Å². The van der Waals surface area contributed by atoms with Crippen molar-refractivity contribution >= 4 is 0 Å². The molecule has 0 fully saturated rings. The highest BCUT2D eigenvalue weighted by molar-refractivity contribution is 5.43. The molecule has 0 amide bonds. The summed E-state index contributed by atoms with van der Waals surface area (Å²) in [5.41, 5.74) is 9.47. The zero-order valence-corrected chi connectivity index (χ0v) is 22.1. The fraction of sp³-hybridized carbons (Fsp3) is 0.333. The number of halogens is 1. The highest BCUT2D eigenvalue weighted by Gasteiger charge is 2.15. The molecule has 0 N–H and O–H groups in total. The first-order chi connectivity index (χ1) is 16.1. The molecule has 1 aromatic rings.